The van der Waals surface area contributed by atoms with Crippen LogP contribution in [0.15, 0.2) is 54.6 Å². The van der Waals surface area contributed by atoms with Crippen LogP contribution in [0.4, 0.5) is 0 Å². The van der Waals surface area contributed by atoms with Crippen LogP contribution in [0.25, 0.3) is 21.8 Å². The molecule has 0 saturated heterocycles. The minimum Gasteiger partial charge on any atom is -0.490 e. The van der Waals surface area contributed by atoms with Gasteiger partial charge in [0.25, 0.3) is 0 Å². The van der Waals surface area contributed by atoms with Crippen molar-refractivity contribution in [3.8, 4) is 17.2 Å². The van der Waals surface area contributed by atoms with Crippen LogP contribution >= 0.6 is 0 Å². The van der Waals surface area contributed by atoms with Crippen LogP contribution in [0, 0.1) is 13.8 Å². The number of rotatable bonds is 11. The zero-order valence-electron chi connectivity index (χ0n) is 23.0. The molecule has 0 aliphatic rings. The van der Waals surface area contributed by atoms with Crippen LogP contribution in [0.5, 0.6) is 17.2 Å². The first-order valence-electron chi connectivity index (χ1n) is 13.0. The Morgan fingerprint density at radius 2 is 1.54 bits per heavy atom. The average Bonchev–Trinajstić information content (AvgIpc) is 3.19. The summed E-state index contributed by atoms with van der Waals surface area (Å²) in [6.45, 7) is 8.07. The lowest BCUT2D eigenvalue weighted by molar-refractivity contribution is 0.0729. The van der Waals surface area contributed by atoms with Crippen molar-refractivity contribution in [2.45, 2.75) is 52.8 Å². The number of fused-ring (bicyclic) bond motifs is 3. The molecule has 186 valence electrons. The molecule has 4 rings (SSSR count). The minimum absolute atomic E-state index is 0.0839. The lowest BCUT2D eigenvalue weighted by atomic mass is 10.1. The van der Waals surface area contributed by atoms with Crippen molar-refractivity contribution >= 4 is 21.8 Å². The Kier molecular flexibility index (Phi) is 7.00. The second-order valence-electron chi connectivity index (χ2n) is 9.08. The van der Waals surface area contributed by atoms with Gasteiger partial charge in [-0.1, -0.05) is 18.2 Å². The Bertz CT molecular complexity index is 1370. The van der Waals surface area contributed by atoms with E-state index in [0.717, 1.165) is 27.6 Å². The van der Waals surface area contributed by atoms with Gasteiger partial charge in [-0.2, -0.15) is 0 Å². The molecule has 0 bridgehead atoms. The number of H-pyrrole nitrogens is 1. The van der Waals surface area contributed by atoms with Crippen LogP contribution in [-0.2, 0) is 0 Å². The number of ether oxygens (including phenoxy) is 3. The fraction of sp³-hybridized carbons (Fsp3) is 0.379. The Hall–Kier alpha value is -3.22. The molecular weight excluding hydrogens is 440 g/mol. The van der Waals surface area contributed by atoms with Crippen LogP contribution in [0.2, 0.25) is 0 Å². The molecule has 4 aromatic rings. The lowest BCUT2D eigenvalue weighted by Gasteiger charge is -2.25. The van der Waals surface area contributed by atoms with E-state index in [1.165, 1.54) is 18.1 Å². The molecule has 6 nitrogen and oxygen atoms in total. The van der Waals surface area contributed by atoms with Gasteiger partial charge in [0.2, 0.25) is 0 Å². The third-order valence-electron chi connectivity index (χ3n) is 6.28. The summed E-state index contributed by atoms with van der Waals surface area (Å²) >= 11 is 0. The van der Waals surface area contributed by atoms with Gasteiger partial charge < -0.3 is 29.6 Å². The van der Waals surface area contributed by atoms with Crippen molar-refractivity contribution in [1.82, 2.24) is 10.3 Å². The molecule has 0 aliphatic carbocycles. The predicted octanol–water partition coefficient (Wildman–Crippen LogP) is 5.52. The number of hydrogen-bond donors (Lipinski definition) is 3. The Morgan fingerprint density at radius 1 is 0.886 bits per heavy atom. The van der Waals surface area contributed by atoms with E-state index in [1.54, 1.807) is 18.2 Å². The molecule has 0 spiro atoms. The third kappa shape index (κ3) is 5.72. The van der Waals surface area contributed by atoms with Gasteiger partial charge in [-0.05, 0) is 82.1 Å². The quantitative estimate of drug-likeness (QED) is 0.265. The molecule has 35 heavy (non-hydrogen) atoms. The van der Waals surface area contributed by atoms with Crippen molar-refractivity contribution in [1.29, 1.82) is 0 Å². The second-order valence-corrected chi connectivity index (χ2v) is 9.08. The lowest BCUT2D eigenvalue weighted by Crippen LogP contribution is -2.46. The summed E-state index contributed by atoms with van der Waals surface area (Å²) in [7, 11) is 0. The van der Waals surface area contributed by atoms with Gasteiger partial charge in [0.05, 0.1) is 14.8 Å². The van der Waals surface area contributed by atoms with Gasteiger partial charge >= 0.3 is 0 Å². The summed E-state index contributed by atoms with van der Waals surface area (Å²) < 4.78 is 32.7. The molecule has 3 atom stereocenters. The smallest absolute Gasteiger partial charge is 0.161 e. The molecule has 1 aromatic heterocycles. The molecule has 6 heteroatoms. The SMILES string of the molecule is [2H]C([2H])(C)Oc1ccccc1OCC(C)NC(C)C(O)COc1cccc2[nH]c3cc(C)c(C)cc3c12. The first-order valence-corrected chi connectivity index (χ1v) is 12.0. The van der Waals surface area contributed by atoms with Crippen LogP contribution in [0.1, 0.15) is 34.6 Å². The Labute approximate surface area is 210 Å². The van der Waals surface area contributed by atoms with Crippen molar-refractivity contribution in [2.24, 2.45) is 0 Å². The van der Waals surface area contributed by atoms with E-state index in [1.807, 2.05) is 38.1 Å². The van der Waals surface area contributed by atoms with Gasteiger partial charge in [0, 0.05) is 28.4 Å². The van der Waals surface area contributed by atoms with Crippen molar-refractivity contribution < 1.29 is 22.1 Å². The molecule has 0 amide bonds. The largest absolute Gasteiger partial charge is 0.490 e. The standard InChI is InChI=1S/C29H36N2O4/c1-6-33-26-11-7-8-12-27(26)34-16-20(4)30-21(5)25(32)17-35-28-13-9-10-23-29(28)22-14-18(2)19(3)15-24(22)31-23/h7-15,20-21,25,30-32H,6,16-17H2,1-5H3/i6D2. The summed E-state index contributed by atoms with van der Waals surface area (Å²) in [6, 6.07) is 16.9. The van der Waals surface area contributed by atoms with E-state index in [2.05, 4.69) is 36.3 Å². The van der Waals surface area contributed by atoms with Gasteiger partial charge in [0.15, 0.2) is 11.5 Å². The Balaban J connectivity index is 1.35. The van der Waals surface area contributed by atoms with E-state index in [0.29, 0.717) is 18.1 Å². The van der Waals surface area contributed by atoms with E-state index < -0.39 is 12.7 Å². The molecule has 0 saturated carbocycles. The fourth-order valence-corrected chi connectivity index (χ4v) is 4.21. The molecule has 1 heterocycles. The van der Waals surface area contributed by atoms with E-state index in [9.17, 15) is 5.11 Å². The predicted molar refractivity (Wildman–Crippen MR) is 142 cm³/mol. The van der Waals surface area contributed by atoms with Gasteiger partial charge in [0.1, 0.15) is 25.1 Å². The van der Waals surface area contributed by atoms with E-state index in [4.69, 9.17) is 17.0 Å². The third-order valence-corrected chi connectivity index (χ3v) is 6.28. The number of aromatic amines is 1. The molecule has 0 fully saturated rings. The highest BCUT2D eigenvalue weighted by Gasteiger charge is 2.19. The van der Waals surface area contributed by atoms with Gasteiger partial charge in [-0.25, -0.2) is 0 Å². The van der Waals surface area contributed by atoms with Crippen LogP contribution in [0.3, 0.4) is 0 Å². The highest BCUT2D eigenvalue weighted by Crippen LogP contribution is 2.34. The maximum absolute atomic E-state index is 10.8. The highest BCUT2D eigenvalue weighted by molar-refractivity contribution is 6.10. The average molecular weight is 479 g/mol. The molecular formula is C29H36N2O4. The summed E-state index contributed by atoms with van der Waals surface area (Å²) in [5.74, 6) is 1.55. The number of aliphatic hydroxyl groups excluding tert-OH is 1. The number of aromatic nitrogens is 1. The number of hydrogen-bond acceptors (Lipinski definition) is 5. The first-order chi connectivity index (χ1) is 17.5. The zero-order chi connectivity index (χ0) is 26.7. The summed E-state index contributed by atoms with van der Waals surface area (Å²) in [5.41, 5.74) is 4.53. The van der Waals surface area contributed by atoms with E-state index in [-0.39, 0.29) is 18.7 Å². The normalized spacial score (nSPS) is 15.4. The molecule has 0 aliphatic heterocycles. The second kappa shape index (κ2) is 11.0. The summed E-state index contributed by atoms with van der Waals surface area (Å²) in [6.07, 6.45) is -0.741. The van der Waals surface area contributed by atoms with Gasteiger partial charge in [-0.15, -0.1) is 0 Å². The number of nitrogens with one attached hydrogen (secondary N) is 2. The number of aliphatic hydroxyl groups is 1. The highest BCUT2D eigenvalue weighted by atomic mass is 16.5. The molecule has 3 unspecified atom stereocenters. The maximum atomic E-state index is 10.8. The maximum Gasteiger partial charge on any atom is 0.161 e. The number of aryl methyl sites for hydroxylation is 2. The van der Waals surface area contributed by atoms with Gasteiger partial charge in [-0.3, -0.25) is 0 Å². The fourth-order valence-electron chi connectivity index (χ4n) is 4.21. The molecule has 3 N–H and O–H groups in total. The van der Waals surface area contributed by atoms with E-state index >= 15 is 0 Å². The zero-order valence-corrected chi connectivity index (χ0v) is 21.0. The van der Waals surface area contributed by atoms with Crippen molar-refractivity contribution in [3.05, 3.63) is 65.7 Å². The topological polar surface area (TPSA) is 75.7 Å². The number of benzene rings is 3. The molecule has 3 aromatic carbocycles. The van der Waals surface area contributed by atoms with Crippen molar-refractivity contribution in [3.63, 3.8) is 0 Å². The minimum atomic E-state index is -1.81. The Morgan fingerprint density at radius 3 is 2.29 bits per heavy atom. The first kappa shape index (κ1) is 22.3. The van der Waals surface area contributed by atoms with Crippen LogP contribution in [-0.4, -0.2) is 48.1 Å². The number of para-hydroxylation sites is 2. The summed E-state index contributed by atoms with van der Waals surface area (Å²) in [4.78, 5) is 3.47. The van der Waals surface area contributed by atoms with Crippen molar-refractivity contribution in [2.75, 3.05) is 19.8 Å². The monoisotopic (exact) mass is 478 g/mol. The summed E-state index contributed by atoms with van der Waals surface area (Å²) in [5, 5.41) is 16.3. The van der Waals surface area contributed by atoms with Crippen LogP contribution < -0.4 is 19.5 Å². The molecule has 0 radical (unpaired) electrons.